The van der Waals surface area contributed by atoms with Crippen molar-refractivity contribution >= 4 is 35.4 Å². The summed E-state index contributed by atoms with van der Waals surface area (Å²) in [4.78, 5) is 0. The third kappa shape index (κ3) is 4.49. The minimum Gasteiger partial charge on any atom is -0.0976 e. The van der Waals surface area contributed by atoms with E-state index in [0.29, 0.717) is 5.03 Å². The molecule has 0 unspecified atom stereocenters. The van der Waals surface area contributed by atoms with Crippen LogP contribution >= 0.6 is 27.5 Å². The van der Waals surface area contributed by atoms with Crippen LogP contribution in [0.15, 0.2) is 34.8 Å². The van der Waals surface area contributed by atoms with Crippen molar-refractivity contribution in [3.05, 3.63) is 34.8 Å². The second-order valence-electron chi connectivity index (χ2n) is 2.33. The molecule has 11 heavy (non-hydrogen) atoms. The normalized spacial score (nSPS) is 14.3. The van der Waals surface area contributed by atoms with Crippen molar-refractivity contribution in [2.75, 3.05) is 5.33 Å². The van der Waals surface area contributed by atoms with Crippen LogP contribution in [-0.4, -0.2) is 13.2 Å². The van der Waals surface area contributed by atoms with Gasteiger partial charge in [0.15, 0.2) is 0 Å². The summed E-state index contributed by atoms with van der Waals surface area (Å²) in [6.45, 7) is 5.63. The van der Waals surface area contributed by atoms with Crippen LogP contribution in [0.4, 0.5) is 0 Å². The van der Waals surface area contributed by atoms with Crippen molar-refractivity contribution in [1.82, 2.24) is 0 Å². The first-order chi connectivity index (χ1) is 5.11. The van der Waals surface area contributed by atoms with Gasteiger partial charge in [0, 0.05) is 10.4 Å². The van der Waals surface area contributed by atoms with E-state index in [4.69, 9.17) is 11.6 Å². The fraction of sp³-hybridized carbons (Fsp3) is 0.250. The number of halogens is 2. The molecular formula is C8H11BBrCl. The molecular weight excluding hydrogens is 222 g/mol. The van der Waals surface area contributed by atoms with E-state index < -0.39 is 0 Å². The highest BCUT2D eigenvalue weighted by molar-refractivity contribution is 9.09. The van der Waals surface area contributed by atoms with Gasteiger partial charge in [-0.15, -0.1) is 0 Å². The van der Waals surface area contributed by atoms with Crippen molar-refractivity contribution in [1.29, 1.82) is 0 Å². The molecule has 0 nitrogen and oxygen atoms in total. The van der Waals surface area contributed by atoms with Crippen molar-refractivity contribution in [3.8, 4) is 0 Å². The van der Waals surface area contributed by atoms with E-state index in [0.717, 1.165) is 5.33 Å². The molecule has 0 atom stereocenters. The van der Waals surface area contributed by atoms with Gasteiger partial charge < -0.3 is 0 Å². The van der Waals surface area contributed by atoms with Crippen LogP contribution < -0.4 is 0 Å². The van der Waals surface area contributed by atoms with Gasteiger partial charge in [0.25, 0.3) is 0 Å². The predicted molar refractivity (Wildman–Crippen MR) is 59.2 cm³/mol. The summed E-state index contributed by atoms with van der Waals surface area (Å²) in [5, 5.41) is 1.57. The topological polar surface area (TPSA) is 0 Å². The lowest BCUT2D eigenvalue weighted by Crippen LogP contribution is -1.86. The maximum atomic E-state index is 5.75. The highest BCUT2D eigenvalue weighted by atomic mass is 79.9. The van der Waals surface area contributed by atoms with Gasteiger partial charge in [-0.05, 0) is 13.0 Å². The van der Waals surface area contributed by atoms with Gasteiger partial charge in [0.05, 0.1) is 0 Å². The summed E-state index contributed by atoms with van der Waals surface area (Å²) in [5.41, 5.74) is 2.47. The SMILES string of the molecule is BC(/C=C(/Cl)C=C)=C(\C)CBr. The molecule has 0 aromatic heterocycles. The third-order valence-electron chi connectivity index (χ3n) is 1.42. The van der Waals surface area contributed by atoms with E-state index in [-0.39, 0.29) is 0 Å². The van der Waals surface area contributed by atoms with E-state index >= 15 is 0 Å². The quantitative estimate of drug-likeness (QED) is 0.399. The van der Waals surface area contributed by atoms with Gasteiger partial charge in [-0.2, -0.15) is 0 Å². The van der Waals surface area contributed by atoms with Gasteiger partial charge in [-0.3, -0.25) is 0 Å². The van der Waals surface area contributed by atoms with Gasteiger partial charge in [-0.1, -0.05) is 51.2 Å². The Morgan fingerprint density at radius 1 is 1.73 bits per heavy atom. The smallest absolute Gasteiger partial charge is 0.0976 e. The van der Waals surface area contributed by atoms with E-state index in [1.54, 1.807) is 6.08 Å². The third-order valence-corrected chi connectivity index (χ3v) is 2.53. The molecule has 0 aromatic rings. The molecule has 0 spiro atoms. The largest absolute Gasteiger partial charge is 0.139 e. The molecule has 0 aliphatic heterocycles. The molecule has 0 aliphatic carbocycles. The number of hydrogen-bond acceptors (Lipinski definition) is 0. The minimum atomic E-state index is 0.683. The molecule has 0 radical (unpaired) electrons. The number of alkyl halides is 1. The zero-order valence-corrected chi connectivity index (χ0v) is 9.17. The Hall–Kier alpha value is 0.0549. The second kappa shape index (κ2) is 5.67. The molecule has 0 heterocycles. The van der Waals surface area contributed by atoms with Crippen LogP contribution in [0.25, 0.3) is 0 Å². The van der Waals surface area contributed by atoms with E-state index in [1.165, 1.54) is 11.0 Å². The Morgan fingerprint density at radius 2 is 2.27 bits per heavy atom. The molecule has 0 aromatic carbocycles. The molecule has 0 saturated heterocycles. The average molecular weight is 233 g/mol. The Labute approximate surface area is 82.5 Å². The van der Waals surface area contributed by atoms with E-state index in [2.05, 4.69) is 29.4 Å². The maximum absolute atomic E-state index is 5.75. The molecule has 0 aliphatic rings. The zero-order valence-electron chi connectivity index (χ0n) is 6.82. The molecule has 0 amide bonds. The average Bonchev–Trinajstić information content (AvgIpc) is 2.02. The second-order valence-corrected chi connectivity index (χ2v) is 3.33. The highest BCUT2D eigenvalue weighted by Gasteiger charge is 1.91. The lowest BCUT2D eigenvalue weighted by atomic mass is 9.91. The van der Waals surface area contributed by atoms with Crippen molar-refractivity contribution in [3.63, 3.8) is 0 Å². The van der Waals surface area contributed by atoms with Crippen LogP contribution in [0.1, 0.15) is 6.92 Å². The Morgan fingerprint density at radius 3 is 2.64 bits per heavy atom. The van der Waals surface area contributed by atoms with Crippen molar-refractivity contribution in [2.45, 2.75) is 6.92 Å². The minimum absolute atomic E-state index is 0.683. The van der Waals surface area contributed by atoms with Crippen LogP contribution in [0.5, 0.6) is 0 Å². The van der Waals surface area contributed by atoms with Crippen LogP contribution in [-0.2, 0) is 0 Å². The summed E-state index contributed by atoms with van der Waals surface area (Å²) >= 11 is 9.13. The predicted octanol–water partition coefficient (Wildman–Crippen LogP) is 2.60. The Balaban J connectivity index is 4.49. The molecule has 0 saturated carbocycles. The lowest BCUT2D eigenvalue weighted by Gasteiger charge is -1.98. The van der Waals surface area contributed by atoms with Crippen molar-refractivity contribution < 1.29 is 0 Å². The summed E-state index contributed by atoms with van der Waals surface area (Å²) in [5.74, 6) is 0. The maximum Gasteiger partial charge on any atom is 0.139 e. The summed E-state index contributed by atoms with van der Waals surface area (Å²) < 4.78 is 0. The van der Waals surface area contributed by atoms with Gasteiger partial charge >= 0.3 is 0 Å². The fourth-order valence-electron chi connectivity index (χ4n) is 0.494. The number of rotatable bonds is 3. The first-order valence-corrected chi connectivity index (χ1v) is 4.83. The van der Waals surface area contributed by atoms with Crippen LogP contribution in [0.2, 0.25) is 0 Å². The molecule has 0 bridgehead atoms. The molecule has 3 heteroatoms. The molecule has 0 fully saturated rings. The van der Waals surface area contributed by atoms with Gasteiger partial charge in [-0.25, -0.2) is 0 Å². The molecule has 60 valence electrons. The zero-order chi connectivity index (χ0) is 8.85. The number of hydrogen-bond donors (Lipinski definition) is 0. The first-order valence-electron chi connectivity index (χ1n) is 3.33. The fourth-order valence-corrected chi connectivity index (χ4v) is 1.10. The van der Waals surface area contributed by atoms with Gasteiger partial charge in [0.2, 0.25) is 0 Å². The van der Waals surface area contributed by atoms with E-state index in [1.807, 2.05) is 13.9 Å². The van der Waals surface area contributed by atoms with Gasteiger partial charge in [0.1, 0.15) is 7.85 Å². The summed E-state index contributed by atoms with van der Waals surface area (Å²) in [7, 11) is 2.03. The number of allylic oxidation sites excluding steroid dienone is 5. The Kier molecular flexibility index (Phi) is 5.70. The van der Waals surface area contributed by atoms with Crippen LogP contribution in [0.3, 0.4) is 0 Å². The Bertz CT molecular complexity index is 206. The first kappa shape index (κ1) is 11.1. The summed E-state index contributed by atoms with van der Waals surface area (Å²) in [6.07, 6.45) is 3.54. The van der Waals surface area contributed by atoms with Crippen molar-refractivity contribution in [2.24, 2.45) is 0 Å². The lowest BCUT2D eigenvalue weighted by molar-refractivity contribution is 1.40. The molecule has 0 N–H and O–H groups in total. The van der Waals surface area contributed by atoms with E-state index in [9.17, 15) is 0 Å². The van der Waals surface area contributed by atoms with Crippen LogP contribution in [0, 0.1) is 0 Å². The molecule has 0 rings (SSSR count). The summed E-state index contributed by atoms with van der Waals surface area (Å²) in [6, 6.07) is 0. The highest BCUT2D eigenvalue weighted by Crippen LogP contribution is 2.10. The standard InChI is InChI=1S/C8H11BBrCl/c1-3-7(11)4-8(9)6(2)5-10/h3-4H,1,5,9H2,2H3/b7-4+,8-6+. The monoisotopic (exact) mass is 232 g/mol.